The molecule has 2 aromatic carbocycles. The van der Waals surface area contributed by atoms with Crippen molar-refractivity contribution in [2.75, 3.05) is 5.32 Å². The zero-order valence-corrected chi connectivity index (χ0v) is 13.2. The summed E-state index contributed by atoms with van der Waals surface area (Å²) in [4.78, 5) is 7.98. The van der Waals surface area contributed by atoms with Gasteiger partial charge in [-0.3, -0.25) is 0 Å². The van der Waals surface area contributed by atoms with Crippen LogP contribution in [0.15, 0.2) is 53.5 Å². The number of rotatable bonds is 2. The molecule has 0 radical (unpaired) electrons. The summed E-state index contributed by atoms with van der Waals surface area (Å²) in [5.41, 5.74) is 10.6. The van der Waals surface area contributed by atoms with Crippen molar-refractivity contribution in [1.29, 1.82) is 0 Å². The van der Waals surface area contributed by atoms with E-state index < -0.39 is 0 Å². The lowest BCUT2D eigenvalue weighted by Crippen LogP contribution is -2.48. The van der Waals surface area contributed by atoms with E-state index in [1.54, 1.807) is 0 Å². The predicted molar refractivity (Wildman–Crippen MR) is 92.4 cm³/mol. The molecule has 116 valence electrons. The van der Waals surface area contributed by atoms with Gasteiger partial charge in [-0.05, 0) is 23.6 Å². The minimum atomic E-state index is -0.163. The number of aliphatic imine (C=N–C) groups is 1. The molecule has 0 saturated heterocycles. The fourth-order valence-electron chi connectivity index (χ4n) is 3.06. The number of hydrogen-bond acceptors (Lipinski definition) is 3. The highest BCUT2D eigenvalue weighted by Gasteiger charge is 2.30. The molecule has 23 heavy (non-hydrogen) atoms. The van der Waals surface area contributed by atoms with Gasteiger partial charge in [0.05, 0.1) is 0 Å². The lowest BCUT2D eigenvalue weighted by atomic mass is 10.0. The summed E-state index contributed by atoms with van der Waals surface area (Å²) in [7, 11) is 0. The van der Waals surface area contributed by atoms with Crippen LogP contribution in [-0.2, 0) is 0 Å². The second kappa shape index (κ2) is 5.12. The molecule has 1 aliphatic heterocycles. The molecule has 4 rings (SSSR count). The largest absolute Gasteiger partial charge is 0.365 e. The number of nitrogens with two attached hydrogens (primary N) is 1. The number of fused-ring (bicyclic) bond motifs is 3. The first-order valence-electron chi connectivity index (χ1n) is 7.86. The van der Waals surface area contributed by atoms with Crippen molar-refractivity contribution in [2.45, 2.75) is 25.9 Å². The van der Waals surface area contributed by atoms with Gasteiger partial charge >= 0.3 is 5.95 Å². The number of nitrogens with zero attached hydrogens (tertiary/aromatic N) is 2. The zero-order valence-electron chi connectivity index (χ0n) is 13.2. The minimum Gasteiger partial charge on any atom is -0.357 e. The molecule has 0 unspecified atom stereocenters. The van der Waals surface area contributed by atoms with Gasteiger partial charge < -0.3 is 5.73 Å². The highest BCUT2D eigenvalue weighted by molar-refractivity contribution is 5.92. The summed E-state index contributed by atoms with van der Waals surface area (Å²) in [6.45, 7) is 4.39. The van der Waals surface area contributed by atoms with Crippen LogP contribution in [0.4, 0.5) is 5.95 Å². The van der Waals surface area contributed by atoms with Crippen molar-refractivity contribution in [1.82, 2.24) is 4.98 Å². The second-order valence-electron chi connectivity index (χ2n) is 6.20. The number of aromatic nitrogens is 2. The minimum absolute atomic E-state index is 0.163. The molecule has 0 fully saturated rings. The van der Waals surface area contributed by atoms with E-state index in [0.717, 1.165) is 22.5 Å². The lowest BCUT2D eigenvalue weighted by Gasteiger charge is -2.18. The van der Waals surface area contributed by atoms with Crippen LogP contribution in [0, 0.1) is 0 Å². The second-order valence-corrected chi connectivity index (χ2v) is 6.20. The Kier molecular flexibility index (Phi) is 3.08. The van der Waals surface area contributed by atoms with Gasteiger partial charge in [-0.1, -0.05) is 50.2 Å². The van der Waals surface area contributed by atoms with E-state index in [0.29, 0.717) is 11.9 Å². The van der Waals surface area contributed by atoms with Gasteiger partial charge in [0, 0.05) is 5.56 Å². The number of hydrogen-bond donors (Lipinski definition) is 3. The number of guanidine groups is 1. The van der Waals surface area contributed by atoms with Crippen molar-refractivity contribution in [3.8, 4) is 0 Å². The number of anilines is 1. The summed E-state index contributed by atoms with van der Waals surface area (Å²) in [5.74, 6) is 1.80. The summed E-state index contributed by atoms with van der Waals surface area (Å²) < 4.78 is 2.15. The Morgan fingerprint density at radius 1 is 1.09 bits per heavy atom. The van der Waals surface area contributed by atoms with Crippen LogP contribution in [0.3, 0.4) is 0 Å². The van der Waals surface area contributed by atoms with E-state index in [4.69, 9.17) is 5.73 Å². The molecular weight excluding hydrogens is 286 g/mol. The highest BCUT2D eigenvalue weighted by atomic mass is 15.4. The summed E-state index contributed by atoms with van der Waals surface area (Å²) >= 11 is 0. The normalized spacial score (nSPS) is 17.0. The third kappa shape index (κ3) is 2.25. The fraction of sp³-hybridized carbons (Fsp3) is 0.222. The molecule has 0 aliphatic carbocycles. The Morgan fingerprint density at radius 2 is 1.83 bits per heavy atom. The van der Waals surface area contributed by atoms with Crippen molar-refractivity contribution < 1.29 is 4.57 Å². The van der Waals surface area contributed by atoms with Gasteiger partial charge in [0.1, 0.15) is 11.0 Å². The maximum atomic E-state index is 5.98. The fourth-order valence-corrected chi connectivity index (χ4v) is 3.06. The van der Waals surface area contributed by atoms with Crippen LogP contribution in [0.5, 0.6) is 0 Å². The van der Waals surface area contributed by atoms with Crippen LogP contribution in [0.2, 0.25) is 0 Å². The molecule has 4 N–H and O–H groups in total. The van der Waals surface area contributed by atoms with Crippen molar-refractivity contribution in [3.05, 3.63) is 59.7 Å². The van der Waals surface area contributed by atoms with Gasteiger partial charge in [-0.2, -0.15) is 4.99 Å². The van der Waals surface area contributed by atoms with Gasteiger partial charge in [-0.25, -0.2) is 14.9 Å². The standard InChI is InChI=1S/C18H19N5/c1-11(2)12-7-9-13(10-8-12)16-21-17(19)22-18-20-14-5-3-4-6-15(14)23(16)18/h3-11,16H,1-2H3,(H3,19,20,21,22)/p+1/t16-/m0/s1. The van der Waals surface area contributed by atoms with Gasteiger partial charge in [-0.15, -0.1) is 0 Å². The Bertz CT molecular complexity index is 889. The molecule has 1 aromatic heterocycles. The quantitative estimate of drug-likeness (QED) is 0.637. The Balaban J connectivity index is 1.86. The first-order valence-corrected chi connectivity index (χ1v) is 7.86. The number of para-hydroxylation sites is 2. The summed E-state index contributed by atoms with van der Waals surface area (Å²) in [5, 5.41) is 3.11. The zero-order chi connectivity index (χ0) is 16.0. The topological polar surface area (TPSA) is 70.1 Å². The first kappa shape index (κ1) is 13.8. The van der Waals surface area contributed by atoms with Crippen LogP contribution in [-0.4, -0.2) is 10.9 Å². The highest BCUT2D eigenvalue weighted by Crippen LogP contribution is 2.25. The molecule has 5 heteroatoms. The van der Waals surface area contributed by atoms with Gasteiger partial charge in [0.25, 0.3) is 5.96 Å². The number of benzene rings is 2. The summed E-state index contributed by atoms with van der Waals surface area (Å²) in [6.07, 6.45) is -0.163. The number of imidazole rings is 1. The molecular formula is C18H20N5+. The Morgan fingerprint density at radius 3 is 2.57 bits per heavy atom. The number of nitrogens with one attached hydrogen (secondary N) is 2. The Labute approximate surface area is 134 Å². The van der Waals surface area contributed by atoms with Gasteiger partial charge in [0.15, 0.2) is 0 Å². The molecule has 1 aliphatic rings. The third-order valence-electron chi connectivity index (χ3n) is 4.31. The molecule has 5 nitrogen and oxygen atoms in total. The smallest absolute Gasteiger partial charge is 0.357 e. The van der Waals surface area contributed by atoms with Crippen molar-refractivity contribution in [2.24, 2.45) is 10.7 Å². The first-order chi connectivity index (χ1) is 11.1. The van der Waals surface area contributed by atoms with Crippen molar-refractivity contribution >= 4 is 22.9 Å². The molecule has 0 saturated carbocycles. The van der Waals surface area contributed by atoms with Crippen LogP contribution in [0.1, 0.15) is 37.1 Å². The van der Waals surface area contributed by atoms with Crippen molar-refractivity contribution in [3.63, 3.8) is 0 Å². The van der Waals surface area contributed by atoms with Crippen LogP contribution < -0.4 is 15.6 Å². The number of aromatic amines is 1. The maximum Gasteiger partial charge on any atom is 0.365 e. The average Bonchev–Trinajstić information content (AvgIpc) is 2.92. The van der Waals surface area contributed by atoms with Gasteiger partial charge in [0.2, 0.25) is 6.17 Å². The van der Waals surface area contributed by atoms with E-state index in [1.165, 1.54) is 5.56 Å². The van der Waals surface area contributed by atoms with E-state index in [1.807, 2.05) is 12.1 Å². The average molecular weight is 306 g/mol. The monoisotopic (exact) mass is 306 g/mol. The maximum absolute atomic E-state index is 5.98. The van der Waals surface area contributed by atoms with Crippen LogP contribution >= 0.6 is 0 Å². The molecule has 0 amide bonds. The van der Waals surface area contributed by atoms with E-state index in [-0.39, 0.29) is 6.17 Å². The Hall–Kier alpha value is -2.82. The van der Waals surface area contributed by atoms with E-state index >= 15 is 0 Å². The SMILES string of the molecule is CC(C)c1ccc([C@H]2N=C(N)Nc3[nH]c4ccccc4[n+]32)cc1. The lowest BCUT2D eigenvalue weighted by molar-refractivity contribution is -0.674. The molecule has 3 aromatic rings. The summed E-state index contributed by atoms with van der Waals surface area (Å²) in [6, 6.07) is 16.8. The number of H-pyrrole nitrogens is 1. The molecule has 1 atom stereocenters. The predicted octanol–water partition coefficient (Wildman–Crippen LogP) is 2.87. The molecule has 0 spiro atoms. The van der Waals surface area contributed by atoms with E-state index in [9.17, 15) is 0 Å². The van der Waals surface area contributed by atoms with Crippen LogP contribution in [0.25, 0.3) is 11.0 Å². The molecule has 0 bridgehead atoms. The van der Waals surface area contributed by atoms with E-state index in [2.05, 4.69) is 70.1 Å². The molecule has 2 heterocycles. The third-order valence-corrected chi connectivity index (χ3v) is 4.31.